The number of hydrogen-bond acceptors (Lipinski definition) is 3. The summed E-state index contributed by atoms with van der Waals surface area (Å²) in [5, 5.41) is 11.0. The molecule has 0 spiro atoms. The molecule has 16 heavy (non-hydrogen) atoms. The van der Waals surface area contributed by atoms with E-state index in [1.807, 2.05) is 0 Å². The molecule has 82 valence electrons. The van der Waals surface area contributed by atoms with Crippen LogP contribution in [0.2, 0.25) is 0 Å². The minimum absolute atomic E-state index is 0.0811. The lowest BCUT2D eigenvalue weighted by Crippen LogP contribution is -1.87. The molecule has 0 bridgehead atoms. The molecule has 0 heterocycles. The summed E-state index contributed by atoms with van der Waals surface area (Å²) in [5.41, 5.74) is 0.595. The number of benzene rings is 1. The van der Waals surface area contributed by atoms with Gasteiger partial charge in [0.25, 0.3) is 0 Å². The van der Waals surface area contributed by atoms with Crippen LogP contribution in [-0.4, -0.2) is 12.0 Å². The van der Waals surface area contributed by atoms with E-state index in [9.17, 15) is 9.90 Å². The average Bonchev–Trinajstić information content (AvgIpc) is 2.28. The number of halogens is 1. The highest BCUT2D eigenvalue weighted by Crippen LogP contribution is 2.15. The number of hydrogen-bond donors (Lipinski definition) is 0. The molecule has 1 aromatic carbocycles. The Hall–Kier alpha value is -1.87. The predicted octanol–water partition coefficient (Wildman–Crippen LogP) is 2.34. The Balaban J connectivity index is 2.73. The van der Waals surface area contributed by atoms with Crippen molar-refractivity contribution in [1.29, 1.82) is 0 Å². The molecule has 1 aromatic rings. The molecule has 0 amide bonds. The molecule has 0 N–H and O–H groups in total. The quantitative estimate of drug-likeness (QED) is 0.593. The number of rotatable bonds is 4. The zero-order valence-corrected chi connectivity index (χ0v) is 9.15. The van der Waals surface area contributed by atoms with Crippen LogP contribution in [0.4, 0.5) is 5.69 Å². The molecule has 0 aliphatic heterocycles. The first-order valence-corrected chi connectivity index (χ1v) is 4.84. The van der Waals surface area contributed by atoms with Crippen LogP contribution in [0.5, 0.6) is 5.75 Å². The van der Waals surface area contributed by atoms with E-state index >= 15 is 0 Å². The SMILES string of the molecule is C=CC(=O)/C=C(\Cl)C=Nc1ccc([O-])cc1. The van der Waals surface area contributed by atoms with Gasteiger partial charge in [0, 0.05) is 12.3 Å². The Kier molecular flexibility index (Phi) is 4.48. The molecular weight excluding hydrogens is 226 g/mol. The van der Waals surface area contributed by atoms with Crippen LogP contribution in [-0.2, 0) is 4.79 Å². The molecule has 0 unspecified atom stereocenters. The normalized spacial score (nSPS) is 11.7. The molecule has 0 aliphatic carbocycles. The van der Waals surface area contributed by atoms with E-state index in [2.05, 4.69) is 11.6 Å². The number of aliphatic imine (C=N–C) groups is 1. The van der Waals surface area contributed by atoms with Crippen LogP contribution in [0.25, 0.3) is 0 Å². The van der Waals surface area contributed by atoms with E-state index < -0.39 is 0 Å². The lowest BCUT2D eigenvalue weighted by atomic mass is 10.3. The van der Waals surface area contributed by atoms with Gasteiger partial charge in [-0.15, -0.1) is 5.75 Å². The molecule has 0 aliphatic rings. The third-order valence-corrected chi connectivity index (χ3v) is 1.86. The summed E-state index contributed by atoms with van der Waals surface area (Å²) in [7, 11) is 0. The molecule has 0 saturated heterocycles. The van der Waals surface area contributed by atoms with Gasteiger partial charge in [0.05, 0.1) is 10.7 Å². The fourth-order valence-corrected chi connectivity index (χ4v) is 1.06. The molecule has 0 atom stereocenters. The second-order valence-electron chi connectivity index (χ2n) is 2.89. The Labute approximate surface area is 98.4 Å². The monoisotopic (exact) mass is 234 g/mol. The second kappa shape index (κ2) is 5.88. The van der Waals surface area contributed by atoms with Gasteiger partial charge in [-0.1, -0.05) is 30.3 Å². The van der Waals surface area contributed by atoms with E-state index in [-0.39, 0.29) is 16.6 Å². The summed E-state index contributed by atoms with van der Waals surface area (Å²) in [5.74, 6) is -0.367. The van der Waals surface area contributed by atoms with Crippen LogP contribution in [0.1, 0.15) is 0 Å². The summed E-state index contributed by atoms with van der Waals surface area (Å²) in [6.07, 6.45) is 3.70. The van der Waals surface area contributed by atoms with E-state index in [0.29, 0.717) is 5.69 Å². The fourth-order valence-electron chi connectivity index (χ4n) is 0.901. The van der Waals surface area contributed by atoms with Gasteiger partial charge >= 0.3 is 0 Å². The highest BCUT2D eigenvalue weighted by atomic mass is 35.5. The summed E-state index contributed by atoms with van der Waals surface area (Å²) in [6.45, 7) is 3.31. The van der Waals surface area contributed by atoms with Crippen molar-refractivity contribution in [3.8, 4) is 5.75 Å². The maximum Gasteiger partial charge on any atom is 0.179 e. The standard InChI is InChI=1S/C12H10ClNO2/c1-2-11(15)7-9(13)8-14-10-3-5-12(16)6-4-10/h2-8,16H,1H2/p-1/b9-7-,14-8?. The molecule has 0 radical (unpaired) electrons. The van der Waals surface area contributed by atoms with Crippen molar-refractivity contribution in [1.82, 2.24) is 0 Å². The Morgan fingerprint density at radius 2 is 2.00 bits per heavy atom. The van der Waals surface area contributed by atoms with Gasteiger partial charge in [0.2, 0.25) is 0 Å². The van der Waals surface area contributed by atoms with Gasteiger partial charge < -0.3 is 5.11 Å². The van der Waals surface area contributed by atoms with Crippen molar-refractivity contribution in [2.45, 2.75) is 0 Å². The Bertz CT molecular complexity index is 447. The van der Waals surface area contributed by atoms with Crippen LogP contribution in [0.3, 0.4) is 0 Å². The van der Waals surface area contributed by atoms with E-state index in [1.54, 1.807) is 12.1 Å². The van der Waals surface area contributed by atoms with Crippen LogP contribution >= 0.6 is 11.6 Å². The first kappa shape index (κ1) is 12.2. The van der Waals surface area contributed by atoms with Gasteiger partial charge in [-0.25, -0.2) is 0 Å². The number of ketones is 1. The van der Waals surface area contributed by atoms with Crippen molar-refractivity contribution in [2.75, 3.05) is 0 Å². The molecule has 0 fully saturated rings. The Morgan fingerprint density at radius 1 is 1.38 bits per heavy atom. The summed E-state index contributed by atoms with van der Waals surface area (Å²) < 4.78 is 0. The number of nitrogens with zero attached hydrogens (tertiary/aromatic N) is 1. The number of carbonyl (C=O) groups is 1. The average molecular weight is 235 g/mol. The first-order valence-electron chi connectivity index (χ1n) is 4.46. The highest BCUT2D eigenvalue weighted by Gasteiger charge is 1.92. The second-order valence-corrected chi connectivity index (χ2v) is 3.32. The molecule has 0 aromatic heterocycles. The third-order valence-electron chi connectivity index (χ3n) is 1.66. The largest absolute Gasteiger partial charge is 0.872 e. The van der Waals surface area contributed by atoms with Crippen LogP contribution < -0.4 is 5.11 Å². The lowest BCUT2D eigenvalue weighted by Gasteiger charge is -2.02. The zero-order chi connectivity index (χ0) is 12.0. The van der Waals surface area contributed by atoms with Crippen molar-refractivity contribution in [3.63, 3.8) is 0 Å². The summed E-state index contributed by atoms with van der Waals surface area (Å²) in [6, 6.07) is 5.94. The maximum absolute atomic E-state index is 10.9. The fraction of sp³-hybridized carbons (Fsp3) is 0. The summed E-state index contributed by atoms with van der Waals surface area (Å²) in [4.78, 5) is 14.9. The predicted molar refractivity (Wildman–Crippen MR) is 63.2 cm³/mol. The zero-order valence-electron chi connectivity index (χ0n) is 8.39. The van der Waals surface area contributed by atoms with Crippen LogP contribution in [0.15, 0.2) is 53.0 Å². The summed E-state index contributed by atoms with van der Waals surface area (Å²) >= 11 is 5.72. The lowest BCUT2D eigenvalue weighted by molar-refractivity contribution is -0.268. The smallest absolute Gasteiger partial charge is 0.179 e. The topological polar surface area (TPSA) is 52.5 Å². The van der Waals surface area contributed by atoms with Crippen molar-refractivity contribution in [2.24, 2.45) is 4.99 Å². The molecular formula is C12H9ClNO2-. The minimum Gasteiger partial charge on any atom is -0.872 e. The van der Waals surface area contributed by atoms with Crippen molar-refractivity contribution in [3.05, 3.63) is 48.0 Å². The number of allylic oxidation sites excluding steroid dienone is 3. The van der Waals surface area contributed by atoms with E-state index in [1.165, 1.54) is 24.4 Å². The molecule has 3 nitrogen and oxygen atoms in total. The molecule has 1 rings (SSSR count). The van der Waals surface area contributed by atoms with Crippen molar-refractivity contribution < 1.29 is 9.90 Å². The molecule has 0 saturated carbocycles. The van der Waals surface area contributed by atoms with Crippen molar-refractivity contribution >= 4 is 29.3 Å². The van der Waals surface area contributed by atoms with E-state index in [0.717, 1.165) is 6.08 Å². The third kappa shape index (κ3) is 4.11. The highest BCUT2D eigenvalue weighted by molar-refractivity contribution is 6.41. The van der Waals surface area contributed by atoms with Gasteiger partial charge in [-0.2, -0.15) is 0 Å². The Morgan fingerprint density at radius 3 is 2.56 bits per heavy atom. The van der Waals surface area contributed by atoms with Gasteiger partial charge in [0.15, 0.2) is 5.78 Å². The first-order chi connectivity index (χ1) is 7.61. The van der Waals surface area contributed by atoms with E-state index in [4.69, 9.17) is 11.6 Å². The number of carbonyl (C=O) groups excluding carboxylic acids is 1. The van der Waals surface area contributed by atoms with Crippen LogP contribution in [0, 0.1) is 0 Å². The molecule has 4 heteroatoms. The van der Waals surface area contributed by atoms with Gasteiger partial charge in [0.1, 0.15) is 0 Å². The maximum atomic E-state index is 10.9. The van der Waals surface area contributed by atoms with Gasteiger partial charge in [-0.05, 0) is 18.2 Å². The van der Waals surface area contributed by atoms with Gasteiger partial charge in [-0.3, -0.25) is 9.79 Å². The minimum atomic E-state index is -0.286.